The Hall–Kier alpha value is -2.66. The lowest BCUT2D eigenvalue weighted by molar-refractivity contribution is -0.119. The van der Waals surface area contributed by atoms with Crippen LogP contribution in [0.4, 0.5) is 4.39 Å². The van der Waals surface area contributed by atoms with Crippen LogP contribution < -0.4 is 5.32 Å². The van der Waals surface area contributed by atoms with Gasteiger partial charge in [-0.3, -0.25) is 9.36 Å². The molecule has 1 aliphatic rings. The maximum absolute atomic E-state index is 14.1. The number of hydrogen-bond donors (Lipinski definition) is 1. The number of benzene rings is 1. The van der Waals surface area contributed by atoms with Gasteiger partial charge in [0.2, 0.25) is 5.91 Å². The molecule has 1 aliphatic carbocycles. The van der Waals surface area contributed by atoms with Crippen molar-refractivity contribution in [1.82, 2.24) is 20.1 Å². The second kappa shape index (κ2) is 7.92. The van der Waals surface area contributed by atoms with Crippen LogP contribution in [0.1, 0.15) is 19.8 Å². The maximum Gasteiger partial charge on any atom is 0.231 e. The van der Waals surface area contributed by atoms with Crippen LogP contribution in [0.3, 0.4) is 0 Å². The Balaban J connectivity index is 1.74. The lowest BCUT2D eigenvalue weighted by Gasteiger charge is -2.22. The Morgan fingerprint density at radius 2 is 2.26 bits per heavy atom. The average molecular weight is 385 g/mol. The third kappa shape index (κ3) is 4.19. The molecular formula is C19H20FN5OS. The molecule has 0 aliphatic heterocycles. The molecule has 1 heterocycles. The molecule has 1 N–H and O–H groups in total. The molecule has 0 bridgehead atoms. The zero-order valence-corrected chi connectivity index (χ0v) is 15.8. The van der Waals surface area contributed by atoms with E-state index in [0.717, 1.165) is 12.8 Å². The van der Waals surface area contributed by atoms with Gasteiger partial charge >= 0.3 is 0 Å². The zero-order valence-electron chi connectivity index (χ0n) is 15.0. The summed E-state index contributed by atoms with van der Waals surface area (Å²) >= 11 is 1.20. The molecule has 27 heavy (non-hydrogen) atoms. The maximum atomic E-state index is 14.1. The van der Waals surface area contributed by atoms with Gasteiger partial charge in [0.25, 0.3) is 0 Å². The van der Waals surface area contributed by atoms with Gasteiger partial charge in [0.1, 0.15) is 11.4 Å². The van der Waals surface area contributed by atoms with Crippen molar-refractivity contribution < 1.29 is 9.18 Å². The lowest BCUT2D eigenvalue weighted by Crippen LogP contribution is -2.47. The van der Waals surface area contributed by atoms with E-state index in [1.807, 2.05) is 0 Å². The molecular weight excluding hydrogens is 365 g/mol. The molecule has 1 aromatic carbocycles. The number of carbonyl (C=O) groups excluding carboxylic acids is 1. The minimum Gasteiger partial charge on any atom is -0.337 e. The standard InChI is InChI=1S/C19H20FN5OS/c1-3-10-25-17(14-6-4-5-7-15(14)20)23-24-18(25)27-11-16(26)22-19(2,12-21)13-8-9-13/h3-7,13H,1,8-11H2,2H3,(H,22,26). The third-order valence-electron chi connectivity index (χ3n) is 4.50. The second-order valence-corrected chi connectivity index (χ2v) is 7.55. The summed E-state index contributed by atoms with van der Waals surface area (Å²) in [4.78, 5) is 12.3. The highest BCUT2D eigenvalue weighted by Gasteiger charge is 2.43. The molecule has 0 radical (unpaired) electrons. The van der Waals surface area contributed by atoms with Crippen LogP contribution in [0.5, 0.6) is 0 Å². The number of nitriles is 1. The van der Waals surface area contributed by atoms with Crippen molar-refractivity contribution in [3.63, 3.8) is 0 Å². The van der Waals surface area contributed by atoms with E-state index in [1.54, 1.807) is 35.8 Å². The van der Waals surface area contributed by atoms with Crippen LogP contribution in [-0.2, 0) is 11.3 Å². The summed E-state index contributed by atoms with van der Waals surface area (Å²) < 4.78 is 15.8. The van der Waals surface area contributed by atoms with Crippen LogP contribution in [-0.4, -0.2) is 32.0 Å². The zero-order chi connectivity index (χ0) is 19.4. The summed E-state index contributed by atoms with van der Waals surface area (Å²) in [7, 11) is 0. The highest BCUT2D eigenvalue weighted by atomic mass is 32.2. The Kier molecular flexibility index (Phi) is 5.61. The highest BCUT2D eigenvalue weighted by Crippen LogP contribution is 2.39. The molecule has 140 valence electrons. The molecule has 3 rings (SSSR count). The third-order valence-corrected chi connectivity index (χ3v) is 5.47. The molecule has 6 nitrogen and oxygen atoms in total. The molecule has 2 aromatic rings. The first-order valence-electron chi connectivity index (χ1n) is 8.62. The number of nitrogens with zero attached hydrogens (tertiary/aromatic N) is 4. The van der Waals surface area contributed by atoms with E-state index in [2.05, 4.69) is 28.2 Å². The van der Waals surface area contributed by atoms with Crippen LogP contribution >= 0.6 is 11.8 Å². The molecule has 1 amide bonds. The molecule has 1 saturated carbocycles. The predicted octanol–water partition coefficient (Wildman–Crippen LogP) is 3.17. The Morgan fingerprint density at radius 3 is 2.89 bits per heavy atom. The molecule has 8 heteroatoms. The van der Waals surface area contributed by atoms with Gasteiger partial charge in [-0.05, 0) is 37.8 Å². The fourth-order valence-electron chi connectivity index (χ4n) is 2.87. The normalized spacial score (nSPS) is 15.6. The van der Waals surface area contributed by atoms with E-state index in [1.165, 1.54) is 17.8 Å². The monoisotopic (exact) mass is 385 g/mol. The number of allylic oxidation sites excluding steroid dienone is 1. The minimum atomic E-state index is -0.829. The van der Waals surface area contributed by atoms with Crippen molar-refractivity contribution >= 4 is 17.7 Å². The summed E-state index contributed by atoms with van der Waals surface area (Å²) in [6.07, 6.45) is 3.58. The van der Waals surface area contributed by atoms with Crippen molar-refractivity contribution in [1.29, 1.82) is 5.26 Å². The van der Waals surface area contributed by atoms with Gasteiger partial charge in [-0.15, -0.1) is 16.8 Å². The fraction of sp³-hybridized carbons (Fsp3) is 0.368. The quantitative estimate of drug-likeness (QED) is 0.557. The number of carbonyl (C=O) groups is 1. The number of thioether (sulfide) groups is 1. The summed E-state index contributed by atoms with van der Waals surface area (Å²) in [5.41, 5.74) is -0.487. The van der Waals surface area contributed by atoms with Crippen LogP contribution in [0.2, 0.25) is 0 Å². The molecule has 1 atom stereocenters. The van der Waals surface area contributed by atoms with Gasteiger partial charge in [-0.1, -0.05) is 30.0 Å². The van der Waals surface area contributed by atoms with Crippen LogP contribution in [0, 0.1) is 23.1 Å². The van der Waals surface area contributed by atoms with Gasteiger partial charge in [0, 0.05) is 6.54 Å². The number of nitrogens with one attached hydrogen (secondary N) is 1. The average Bonchev–Trinajstić information content (AvgIpc) is 3.44. The van der Waals surface area contributed by atoms with Crippen molar-refractivity contribution in [3.8, 4) is 17.5 Å². The number of halogens is 1. The van der Waals surface area contributed by atoms with E-state index >= 15 is 0 Å². The smallest absolute Gasteiger partial charge is 0.231 e. The Labute approximate surface area is 161 Å². The van der Waals surface area contributed by atoms with Gasteiger partial charge in [0.15, 0.2) is 11.0 Å². The van der Waals surface area contributed by atoms with Gasteiger partial charge in [0.05, 0.1) is 17.4 Å². The Morgan fingerprint density at radius 1 is 1.52 bits per heavy atom. The number of hydrogen-bond acceptors (Lipinski definition) is 5. The van der Waals surface area contributed by atoms with Crippen molar-refractivity contribution in [2.45, 2.75) is 37.0 Å². The molecule has 0 saturated heterocycles. The van der Waals surface area contributed by atoms with Crippen molar-refractivity contribution in [2.24, 2.45) is 5.92 Å². The number of aromatic nitrogens is 3. The number of amides is 1. The first kappa shape index (κ1) is 19.1. The van der Waals surface area contributed by atoms with Crippen molar-refractivity contribution in [2.75, 3.05) is 5.75 Å². The fourth-order valence-corrected chi connectivity index (χ4v) is 3.62. The first-order chi connectivity index (χ1) is 13.0. The van der Waals surface area contributed by atoms with Gasteiger partial charge < -0.3 is 5.32 Å². The molecule has 1 fully saturated rings. The summed E-state index contributed by atoms with van der Waals surface area (Å²) in [5.74, 6) is 0.0656. The van der Waals surface area contributed by atoms with E-state index in [-0.39, 0.29) is 17.6 Å². The highest BCUT2D eigenvalue weighted by molar-refractivity contribution is 7.99. The van der Waals surface area contributed by atoms with E-state index in [4.69, 9.17) is 0 Å². The first-order valence-corrected chi connectivity index (χ1v) is 9.61. The van der Waals surface area contributed by atoms with Crippen molar-refractivity contribution in [3.05, 3.63) is 42.7 Å². The van der Waals surface area contributed by atoms with Gasteiger partial charge in [-0.2, -0.15) is 5.26 Å². The number of rotatable bonds is 8. The molecule has 1 unspecified atom stereocenters. The molecule has 1 aromatic heterocycles. The van der Waals surface area contributed by atoms with Crippen LogP contribution in [0.25, 0.3) is 11.4 Å². The van der Waals surface area contributed by atoms with E-state index in [9.17, 15) is 14.4 Å². The molecule has 0 spiro atoms. The minimum absolute atomic E-state index is 0.0938. The summed E-state index contributed by atoms with van der Waals surface area (Å²) in [6, 6.07) is 8.54. The lowest BCUT2D eigenvalue weighted by atomic mass is 9.98. The Bertz CT molecular complexity index is 902. The van der Waals surface area contributed by atoms with E-state index < -0.39 is 11.4 Å². The predicted molar refractivity (Wildman–Crippen MR) is 101 cm³/mol. The van der Waals surface area contributed by atoms with Gasteiger partial charge in [-0.25, -0.2) is 4.39 Å². The second-order valence-electron chi connectivity index (χ2n) is 6.61. The van der Waals surface area contributed by atoms with E-state index in [0.29, 0.717) is 23.1 Å². The topological polar surface area (TPSA) is 83.6 Å². The largest absolute Gasteiger partial charge is 0.337 e. The van der Waals surface area contributed by atoms with Crippen LogP contribution in [0.15, 0.2) is 42.1 Å². The SMILES string of the molecule is C=CCn1c(SCC(=O)NC(C)(C#N)C2CC2)nnc1-c1ccccc1F. The summed E-state index contributed by atoms with van der Waals surface area (Å²) in [6.45, 7) is 5.86. The summed E-state index contributed by atoms with van der Waals surface area (Å²) in [5, 5.41) is 20.9.